The van der Waals surface area contributed by atoms with Crippen molar-refractivity contribution in [2.45, 2.75) is 31.5 Å². The van der Waals surface area contributed by atoms with Gasteiger partial charge in [-0.1, -0.05) is 25.1 Å². The SMILES string of the molecule is C[C@H]1C(O)O[C@H](CNS(=O)(=O)/C(C#N)=C/c2ccc(-c3ccc4cc(NCCN5CCOCC5)ccc4c3)o2)[C@@H](O)[C@@H]1O. The first kappa shape index (κ1) is 31.1. The van der Waals surface area contributed by atoms with Gasteiger partial charge in [0.05, 0.1) is 19.3 Å². The van der Waals surface area contributed by atoms with Gasteiger partial charge in [0.25, 0.3) is 10.0 Å². The molecule has 5 rings (SSSR count). The summed E-state index contributed by atoms with van der Waals surface area (Å²) in [7, 11) is -4.32. The summed E-state index contributed by atoms with van der Waals surface area (Å²) in [5.41, 5.74) is 1.82. The third kappa shape index (κ3) is 7.43. The zero-order valence-electron chi connectivity index (χ0n) is 23.7. The van der Waals surface area contributed by atoms with Crippen LogP contribution in [0.4, 0.5) is 5.69 Å². The first-order valence-corrected chi connectivity index (χ1v) is 15.6. The third-order valence-corrected chi connectivity index (χ3v) is 9.13. The highest BCUT2D eigenvalue weighted by Crippen LogP contribution is 2.29. The molecule has 1 aromatic heterocycles. The van der Waals surface area contributed by atoms with Gasteiger partial charge in [-0.15, -0.1) is 0 Å². The van der Waals surface area contributed by atoms with E-state index in [4.69, 9.17) is 13.9 Å². The highest BCUT2D eigenvalue weighted by Gasteiger charge is 2.41. The number of hydrogen-bond acceptors (Lipinski definition) is 11. The van der Waals surface area contributed by atoms with Crippen molar-refractivity contribution in [2.75, 3.05) is 51.3 Å². The lowest BCUT2D eigenvalue weighted by atomic mass is 9.92. The molecule has 1 unspecified atom stereocenters. The average Bonchev–Trinajstić information content (AvgIpc) is 3.49. The average molecular weight is 613 g/mol. The Morgan fingerprint density at radius 3 is 2.58 bits per heavy atom. The van der Waals surface area contributed by atoms with E-state index in [0.29, 0.717) is 5.76 Å². The molecule has 5 N–H and O–H groups in total. The molecule has 230 valence electrons. The Bertz CT molecular complexity index is 1590. The maximum atomic E-state index is 12.8. The van der Waals surface area contributed by atoms with E-state index in [1.807, 2.05) is 30.3 Å². The number of nitrogens with zero attached hydrogens (tertiary/aromatic N) is 2. The van der Waals surface area contributed by atoms with Gasteiger partial charge in [-0.25, -0.2) is 13.1 Å². The van der Waals surface area contributed by atoms with Crippen molar-refractivity contribution in [3.05, 3.63) is 59.2 Å². The number of furan rings is 1. The molecule has 3 heterocycles. The molecule has 0 amide bonds. The molecule has 0 aliphatic carbocycles. The number of fused-ring (bicyclic) bond motifs is 1. The van der Waals surface area contributed by atoms with Crippen molar-refractivity contribution in [3.8, 4) is 17.4 Å². The smallest absolute Gasteiger partial charge is 0.250 e. The molecular formula is C30H36N4O8S. The summed E-state index contributed by atoms with van der Waals surface area (Å²) in [5.74, 6) is -0.0943. The van der Waals surface area contributed by atoms with Crippen LogP contribution in [-0.2, 0) is 19.5 Å². The molecule has 43 heavy (non-hydrogen) atoms. The van der Waals surface area contributed by atoms with E-state index in [1.54, 1.807) is 18.2 Å². The molecule has 2 fully saturated rings. The number of anilines is 1. The highest BCUT2D eigenvalue weighted by atomic mass is 32.2. The summed E-state index contributed by atoms with van der Waals surface area (Å²) < 4.78 is 44.3. The number of nitrogens with one attached hydrogen (secondary N) is 2. The second kappa shape index (κ2) is 13.5. The van der Waals surface area contributed by atoms with Gasteiger partial charge in [-0.05, 0) is 41.1 Å². The Balaban J connectivity index is 1.23. The summed E-state index contributed by atoms with van der Waals surface area (Å²) in [6.07, 6.45) is -4.20. The van der Waals surface area contributed by atoms with E-state index >= 15 is 0 Å². The van der Waals surface area contributed by atoms with E-state index < -0.39 is 52.0 Å². The van der Waals surface area contributed by atoms with Gasteiger partial charge in [-0.3, -0.25) is 4.90 Å². The third-order valence-electron chi connectivity index (χ3n) is 7.79. The van der Waals surface area contributed by atoms with Crippen LogP contribution in [0, 0.1) is 17.2 Å². The van der Waals surface area contributed by atoms with E-state index in [9.17, 15) is 29.0 Å². The van der Waals surface area contributed by atoms with Crippen LogP contribution in [0.2, 0.25) is 0 Å². The Kier molecular flexibility index (Phi) is 9.80. The minimum atomic E-state index is -4.32. The minimum Gasteiger partial charge on any atom is -0.457 e. The number of morpholine rings is 1. The van der Waals surface area contributed by atoms with Crippen LogP contribution >= 0.6 is 0 Å². The molecular weight excluding hydrogens is 576 g/mol. The fourth-order valence-corrected chi connectivity index (χ4v) is 6.03. The van der Waals surface area contributed by atoms with Gasteiger partial charge in [0.1, 0.15) is 29.8 Å². The predicted octanol–water partition coefficient (Wildman–Crippen LogP) is 1.70. The molecule has 2 aromatic carbocycles. The maximum Gasteiger partial charge on any atom is 0.250 e. The number of allylic oxidation sites excluding steroid dienone is 1. The number of nitriles is 1. The fraction of sp³-hybridized carbons (Fsp3) is 0.433. The van der Waals surface area contributed by atoms with E-state index in [1.165, 1.54) is 6.92 Å². The maximum absolute atomic E-state index is 12.8. The van der Waals surface area contributed by atoms with Crippen LogP contribution in [0.25, 0.3) is 28.2 Å². The molecule has 5 atom stereocenters. The summed E-state index contributed by atoms with van der Waals surface area (Å²) >= 11 is 0. The zero-order valence-corrected chi connectivity index (χ0v) is 24.5. The first-order valence-electron chi connectivity index (χ1n) is 14.1. The van der Waals surface area contributed by atoms with Gasteiger partial charge in [0.2, 0.25) is 0 Å². The van der Waals surface area contributed by atoms with Gasteiger partial charge in [0, 0.05) is 56.0 Å². The number of aliphatic hydroxyl groups excluding tert-OH is 3. The monoisotopic (exact) mass is 612 g/mol. The van der Waals surface area contributed by atoms with E-state index in [0.717, 1.165) is 67.5 Å². The lowest BCUT2D eigenvalue weighted by molar-refractivity contribution is -0.257. The van der Waals surface area contributed by atoms with Crippen LogP contribution in [0.3, 0.4) is 0 Å². The Morgan fingerprint density at radius 2 is 1.81 bits per heavy atom. The van der Waals surface area contributed by atoms with Gasteiger partial charge in [0.15, 0.2) is 11.2 Å². The molecule has 13 heteroatoms. The molecule has 2 saturated heterocycles. The number of benzene rings is 2. The van der Waals surface area contributed by atoms with Crippen molar-refractivity contribution in [1.82, 2.24) is 9.62 Å². The second-order valence-electron chi connectivity index (χ2n) is 10.7. The van der Waals surface area contributed by atoms with Gasteiger partial charge >= 0.3 is 0 Å². The quantitative estimate of drug-likeness (QED) is 0.211. The van der Waals surface area contributed by atoms with Crippen LogP contribution in [-0.4, -0.2) is 99.2 Å². The predicted molar refractivity (Wildman–Crippen MR) is 160 cm³/mol. The van der Waals surface area contributed by atoms with E-state index in [-0.39, 0.29) is 5.76 Å². The summed E-state index contributed by atoms with van der Waals surface area (Å²) in [6.45, 7) is 6.28. The number of aliphatic hydroxyl groups is 3. The van der Waals surface area contributed by atoms with E-state index in [2.05, 4.69) is 21.0 Å². The molecule has 0 radical (unpaired) electrons. The number of rotatable bonds is 10. The first-order chi connectivity index (χ1) is 20.6. The lowest BCUT2D eigenvalue weighted by Crippen LogP contribution is -2.56. The zero-order chi connectivity index (χ0) is 30.6. The number of ether oxygens (including phenoxy) is 2. The molecule has 2 aliphatic heterocycles. The summed E-state index contributed by atoms with van der Waals surface area (Å²) in [5, 5.41) is 45.3. The number of sulfonamides is 1. The molecule has 0 bridgehead atoms. The van der Waals surface area contributed by atoms with Crippen molar-refractivity contribution >= 4 is 32.6 Å². The Labute approximate surface area is 250 Å². The second-order valence-corrected chi connectivity index (χ2v) is 12.5. The van der Waals surface area contributed by atoms with Crippen LogP contribution < -0.4 is 10.0 Å². The molecule has 12 nitrogen and oxygen atoms in total. The van der Waals surface area contributed by atoms with Crippen LogP contribution in [0.15, 0.2) is 57.9 Å². The summed E-state index contributed by atoms with van der Waals surface area (Å²) in [4.78, 5) is 1.76. The van der Waals surface area contributed by atoms with Crippen molar-refractivity contribution in [3.63, 3.8) is 0 Å². The number of hydrogen-bond donors (Lipinski definition) is 5. The Morgan fingerprint density at radius 1 is 1.07 bits per heavy atom. The fourth-order valence-electron chi connectivity index (χ4n) is 5.10. The molecule has 3 aromatic rings. The normalized spacial score (nSPS) is 25.5. The lowest BCUT2D eigenvalue weighted by Gasteiger charge is -2.39. The highest BCUT2D eigenvalue weighted by molar-refractivity contribution is 7.93. The Hall–Kier alpha value is -3.32. The molecule has 2 aliphatic rings. The van der Waals surface area contributed by atoms with Gasteiger partial charge < -0.3 is 34.5 Å². The standard InChI is InChI=1S/C30H36N4O8S/c1-19-28(35)29(36)27(42-30(19)37)18-33-43(38,39)25(17-31)16-24-6-7-26(41-24)22-3-2-21-15-23(5-4-20(21)14-22)32-8-9-34-10-12-40-13-11-34/h2-7,14-16,19,27-30,32-33,35-37H,8-13,18H2,1H3/b25-16+/t19-,27-,28-,29-,30?/m1/s1. The van der Waals surface area contributed by atoms with Crippen LogP contribution in [0.1, 0.15) is 12.7 Å². The molecule has 0 spiro atoms. The van der Waals surface area contributed by atoms with Gasteiger partial charge in [-0.2, -0.15) is 5.26 Å². The van der Waals surface area contributed by atoms with Crippen molar-refractivity contribution in [2.24, 2.45) is 5.92 Å². The van der Waals surface area contributed by atoms with Crippen molar-refractivity contribution < 1.29 is 37.6 Å². The topological polar surface area (TPSA) is 178 Å². The van der Waals surface area contributed by atoms with Crippen molar-refractivity contribution in [1.29, 1.82) is 5.26 Å². The molecule has 0 saturated carbocycles. The van der Waals surface area contributed by atoms with Crippen LogP contribution in [0.5, 0.6) is 0 Å². The summed E-state index contributed by atoms with van der Waals surface area (Å²) in [6, 6.07) is 16.9. The largest absolute Gasteiger partial charge is 0.457 e. The minimum absolute atomic E-state index is 0.158.